The van der Waals surface area contributed by atoms with Gasteiger partial charge in [0.1, 0.15) is 24.2 Å². The molecule has 0 bridgehead atoms. The van der Waals surface area contributed by atoms with Gasteiger partial charge in [0.25, 0.3) is 0 Å². The third kappa shape index (κ3) is 5.41. The molecule has 0 unspecified atom stereocenters. The van der Waals surface area contributed by atoms with Crippen molar-refractivity contribution in [1.29, 1.82) is 5.26 Å². The van der Waals surface area contributed by atoms with E-state index in [-0.39, 0.29) is 5.82 Å². The first-order valence-electron chi connectivity index (χ1n) is 9.26. The molecule has 144 valence electrons. The zero-order chi connectivity index (χ0) is 19.8. The predicted molar refractivity (Wildman–Crippen MR) is 106 cm³/mol. The second-order valence-corrected chi connectivity index (χ2v) is 6.65. The lowest BCUT2D eigenvalue weighted by atomic mass is 10.1. The molecule has 28 heavy (non-hydrogen) atoms. The minimum atomic E-state index is -0.248. The summed E-state index contributed by atoms with van der Waals surface area (Å²) < 4.78 is 18.7. The van der Waals surface area contributed by atoms with Gasteiger partial charge in [0.15, 0.2) is 0 Å². The van der Waals surface area contributed by atoms with Crippen LogP contribution >= 0.6 is 0 Å². The van der Waals surface area contributed by atoms with Crippen LogP contribution in [-0.2, 0) is 6.42 Å². The van der Waals surface area contributed by atoms with Crippen molar-refractivity contribution in [1.82, 2.24) is 15.1 Å². The van der Waals surface area contributed by atoms with Gasteiger partial charge in [-0.1, -0.05) is 12.1 Å². The standard InChI is InChI=1S/C22H23FN4O/c1-27(13-14-28-22-7-3-2-5-18(22)16-24)12-4-6-20-15-21(26-25-20)17-8-10-19(23)11-9-17/h2-3,5,7-11,15H,4,6,12-14H2,1H3,(H,25,26). The number of aryl methyl sites for hydroxylation is 1. The number of likely N-dealkylation sites (N-methyl/N-ethyl adjacent to an activating group) is 1. The Labute approximate surface area is 164 Å². The van der Waals surface area contributed by atoms with Gasteiger partial charge in [0, 0.05) is 17.8 Å². The van der Waals surface area contributed by atoms with Crippen molar-refractivity contribution in [2.75, 3.05) is 26.7 Å². The van der Waals surface area contributed by atoms with Crippen LogP contribution in [0.2, 0.25) is 0 Å². The molecule has 0 aliphatic rings. The molecule has 0 aliphatic carbocycles. The van der Waals surface area contributed by atoms with Crippen molar-refractivity contribution in [3.05, 3.63) is 71.7 Å². The highest BCUT2D eigenvalue weighted by molar-refractivity contribution is 5.59. The third-order valence-electron chi connectivity index (χ3n) is 4.49. The van der Waals surface area contributed by atoms with Gasteiger partial charge in [-0.15, -0.1) is 0 Å². The summed E-state index contributed by atoms with van der Waals surface area (Å²) in [6.07, 6.45) is 1.87. The van der Waals surface area contributed by atoms with Crippen molar-refractivity contribution in [3.63, 3.8) is 0 Å². The number of hydrogen-bond donors (Lipinski definition) is 1. The van der Waals surface area contributed by atoms with E-state index in [4.69, 9.17) is 10.00 Å². The van der Waals surface area contributed by atoms with Crippen LogP contribution in [0.3, 0.4) is 0 Å². The van der Waals surface area contributed by atoms with Crippen LogP contribution in [0.4, 0.5) is 4.39 Å². The van der Waals surface area contributed by atoms with E-state index in [1.807, 2.05) is 24.3 Å². The largest absolute Gasteiger partial charge is 0.491 e. The van der Waals surface area contributed by atoms with Crippen molar-refractivity contribution in [2.24, 2.45) is 0 Å². The number of nitriles is 1. The molecule has 0 saturated carbocycles. The van der Waals surface area contributed by atoms with E-state index in [2.05, 4.69) is 28.2 Å². The minimum Gasteiger partial charge on any atom is -0.491 e. The number of hydrogen-bond acceptors (Lipinski definition) is 4. The molecule has 2 aromatic carbocycles. The molecule has 0 amide bonds. The lowest BCUT2D eigenvalue weighted by Gasteiger charge is -2.17. The van der Waals surface area contributed by atoms with Gasteiger partial charge in [0.2, 0.25) is 0 Å². The Hall–Kier alpha value is -3.17. The van der Waals surface area contributed by atoms with E-state index in [9.17, 15) is 4.39 Å². The van der Waals surface area contributed by atoms with E-state index in [1.165, 1.54) is 12.1 Å². The number of para-hydroxylation sites is 1. The predicted octanol–water partition coefficient (Wildman–Crippen LogP) is 4.03. The summed E-state index contributed by atoms with van der Waals surface area (Å²) in [6.45, 7) is 2.24. The molecule has 0 saturated heterocycles. The van der Waals surface area contributed by atoms with Gasteiger partial charge in [-0.3, -0.25) is 5.10 Å². The van der Waals surface area contributed by atoms with Crippen LogP contribution < -0.4 is 4.74 Å². The van der Waals surface area contributed by atoms with Gasteiger partial charge in [-0.25, -0.2) is 4.39 Å². The number of benzene rings is 2. The van der Waals surface area contributed by atoms with E-state index in [0.29, 0.717) is 17.9 Å². The molecule has 1 heterocycles. The van der Waals surface area contributed by atoms with Gasteiger partial charge < -0.3 is 9.64 Å². The normalized spacial score (nSPS) is 10.8. The lowest BCUT2D eigenvalue weighted by molar-refractivity contribution is 0.235. The molecule has 3 rings (SSSR count). The molecular weight excluding hydrogens is 355 g/mol. The minimum absolute atomic E-state index is 0.248. The van der Waals surface area contributed by atoms with Crippen molar-refractivity contribution < 1.29 is 9.13 Å². The van der Waals surface area contributed by atoms with Crippen LogP contribution in [-0.4, -0.2) is 41.8 Å². The van der Waals surface area contributed by atoms with E-state index in [0.717, 1.165) is 42.9 Å². The fourth-order valence-electron chi connectivity index (χ4n) is 2.91. The number of rotatable bonds is 9. The van der Waals surface area contributed by atoms with Crippen LogP contribution in [0.5, 0.6) is 5.75 Å². The first kappa shape index (κ1) is 19.6. The van der Waals surface area contributed by atoms with E-state index >= 15 is 0 Å². The number of aromatic amines is 1. The summed E-state index contributed by atoms with van der Waals surface area (Å²) in [5.41, 5.74) is 3.34. The molecule has 0 fully saturated rings. The van der Waals surface area contributed by atoms with Crippen LogP contribution in [0.25, 0.3) is 11.3 Å². The quantitative estimate of drug-likeness (QED) is 0.611. The molecule has 1 N–H and O–H groups in total. The summed E-state index contributed by atoms with van der Waals surface area (Å²) in [6, 6.07) is 17.7. The maximum absolute atomic E-state index is 13.0. The van der Waals surface area contributed by atoms with Crippen LogP contribution in [0, 0.1) is 17.1 Å². The molecular formula is C22H23FN4O. The van der Waals surface area contributed by atoms with Crippen LogP contribution in [0.15, 0.2) is 54.6 Å². The van der Waals surface area contributed by atoms with Crippen molar-refractivity contribution in [3.8, 4) is 23.1 Å². The molecule has 3 aromatic rings. The van der Waals surface area contributed by atoms with Gasteiger partial charge in [-0.05, 0) is 68.9 Å². The Morgan fingerprint density at radius 2 is 1.93 bits per heavy atom. The zero-order valence-corrected chi connectivity index (χ0v) is 15.9. The Morgan fingerprint density at radius 3 is 2.71 bits per heavy atom. The Kier molecular flexibility index (Phi) is 6.77. The summed E-state index contributed by atoms with van der Waals surface area (Å²) in [5.74, 6) is 0.381. The Balaban J connectivity index is 1.39. The number of ether oxygens (including phenoxy) is 1. The topological polar surface area (TPSA) is 64.9 Å². The van der Waals surface area contributed by atoms with Gasteiger partial charge >= 0.3 is 0 Å². The maximum Gasteiger partial charge on any atom is 0.137 e. The second kappa shape index (κ2) is 9.67. The zero-order valence-electron chi connectivity index (χ0n) is 15.9. The van der Waals surface area contributed by atoms with E-state index in [1.54, 1.807) is 18.2 Å². The van der Waals surface area contributed by atoms with Crippen LogP contribution in [0.1, 0.15) is 17.7 Å². The Morgan fingerprint density at radius 1 is 1.14 bits per heavy atom. The highest BCUT2D eigenvalue weighted by Crippen LogP contribution is 2.19. The first-order chi connectivity index (χ1) is 13.7. The molecule has 0 radical (unpaired) electrons. The average Bonchev–Trinajstić information content (AvgIpc) is 3.18. The average molecular weight is 378 g/mol. The fourth-order valence-corrected chi connectivity index (χ4v) is 2.91. The summed E-state index contributed by atoms with van der Waals surface area (Å²) >= 11 is 0. The molecule has 0 aliphatic heterocycles. The molecule has 0 atom stereocenters. The Bertz CT molecular complexity index is 930. The molecule has 1 aromatic heterocycles. The van der Waals surface area contributed by atoms with Gasteiger partial charge in [0.05, 0.1) is 11.3 Å². The van der Waals surface area contributed by atoms with Crippen molar-refractivity contribution in [2.45, 2.75) is 12.8 Å². The first-order valence-corrected chi connectivity index (χ1v) is 9.26. The second-order valence-electron chi connectivity index (χ2n) is 6.65. The monoisotopic (exact) mass is 378 g/mol. The third-order valence-corrected chi connectivity index (χ3v) is 4.49. The highest BCUT2D eigenvalue weighted by atomic mass is 19.1. The van der Waals surface area contributed by atoms with Gasteiger partial charge in [-0.2, -0.15) is 10.4 Å². The van der Waals surface area contributed by atoms with Crippen molar-refractivity contribution >= 4 is 0 Å². The number of nitrogens with zero attached hydrogens (tertiary/aromatic N) is 3. The number of nitrogens with one attached hydrogen (secondary N) is 1. The fraction of sp³-hybridized carbons (Fsp3) is 0.273. The summed E-state index contributed by atoms with van der Waals surface area (Å²) in [4.78, 5) is 2.20. The number of H-pyrrole nitrogens is 1. The smallest absolute Gasteiger partial charge is 0.137 e. The molecule has 5 nitrogen and oxygen atoms in total. The lowest BCUT2D eigenvalue weighted by Crippen LogP contribution is -2.25. The molecule has 0 spiro atoms. The summed E-state index contributed by atoms with van der Waals surface area (Å²) in [7, 11) is 2.05. The SMILES string of the molecule is CN(CCCc1cc(-c2ccc(F)cc2)n[nH]1)CCOc1ccccc1C#N. The summed E-state index contributed by atoms with van der Waals surface area (Å²) in [5, 5.41) is 16.4. The highest BCUT2D eigenvalue weighted by Gasteiger charge is 2.06. The number of aromatic nitrogens is 2. The maximum atomic E-state index is 13.0. The number of halogens is 1. The molecule has 6 heteroatoms. The van der Waals surface area contributed by atoms with E-state index < -0.39 is 0 Å².